The van der Waals surface area contributed by atoms with E-state index < -0.39 is 0 Å². The summed E-state index contributed by atoms with van der Waals surface area (Å²) in [6.45, 7) is 0. The van der Waals surface area contributed by atoms with E-state index in [1.54, 1.807) is 37.5 Å². The van der Waals surface area contributed by atoms with Crippen LogP contribution in [-0.2, 0) is 0 Å². The van der Waals surface area contributed by atoms with Crippen LogP contribution in [0.4, 0.5) is 5.95 Å². The van der Waals surface area contributed by atoms with Crippen molar-refractivity contribution in [3.8, 4) is 11.8 Å². The zero-order valence-corrected chi connectivity index (χ0v) is 12.0. The van der Waals surface area contributed by atoms with E-state index in [9.17, 15) is 0 Å². The van der Waals surface area contributed by atoms with Crippen LogP contribution < -0.4 is 9.64 Å². The number of rotatable bonds is 3. The molecule has 18 heavy (non-hydrogen) atoms. The molecule has 0 bridgehead atoms. The van der Waals surface area contributed by atoms with Gasteiger partial charge in [-0.25, -0.2) is 0 Å². The molecule has 0 unspecified atom stereocenters. The van der Waals surface area contributed by atoms with Crippen molar-refractivity contribution >= 4 is 33.5 Å². The van der Waals surface area contributed by atoms with E-state index in [1.165, 1.54) is 0 Å². The van der Waals surface area contributed by atoms with Crippen molar-refractivity contribution in [3.63, 3.8) is 0 Å². The zero-order valence-electron chi connectivity index (χ0n) is 9.63. The Bertz CT molecular complexity index is 566. The highest BCUT2D eigenvalue weighted by molar-refractivity contribution is 9.10. The molecule has 8 heteroatoms. The fourth-order valence-electron chi connectivity index (χ4n) is 1.12. The van der Waals surface area contributed by atoms with Crippen molar-refractivity contribution in [1.29, 1.82) is 0 Å². The molecule has 2 aromatic rings. The maximum atomic E-state index is 5.80. The molecule has 0 spiro atoms. The van der Waals surface area contributed by atoms with Gasteiger partial charge in [0.15, 0.2) is 5.75 Å². The average molecular weight is 331 g/mol. The third-order valence-electron chi connectivity index (χ3n) is 1.86. The van der Waals surface area contributed by atoms with E-state index in [4.69, 9.17) is 16.3 Å². The second kappa shape index (κ2) is 5.45. The summed E-state index contributed by atoms with van der Waals surface area (Å²) in [6, 6.07) is 1.87. The second-order valence-electron chi connectivity index (χ2n) is 3.52. The normalized spacial score (nSPS) is 10.2. The summed E-state index contributed by atoms with van der Waals surface area (Å²) in [5.41, 5.74) is 0. The van der Waals surface area contributed by atoms with Crippen LogP contribution in [0.2, 0.25) is 5.28 Å². The summed E-state index contributed by atoms with van der Waals surface area (Å²) in [7, 11) is 3.60. The molecule has 0 amide bonds. The molecule has 0 aliphatic heterocycles. The Kier molecular flexibility index (Phi) is 3.93. The van der Waals surface area contributed by atoms with Crippen molar-refractivity contribution in [2.75, 3.05) is 19.0 Å². The van der Waals surface area contributed by atoms with Crippen LogP contribution in [0.15, 0.2) is 22.9 Å². The fraction of sp³-hybridized carbons (Fsp3) is 0.200. The topological polar surface area (TPSA) is 64.0 Å². The lowest BCUT2D eigenvalue weighted by Crippen LogP contribution is -2.13. The maximum Gasteiger partial charge on any atom is 0.328 e. The average Bonchev–Trinajstić information content (AvgIpc) is 2.28. The first-order valence-corrected chi connectivity index (χ1v) is 6.09. The lowest BCUT2D eigenvalue weighted by Gasteiger charge is -2.11. The standard InChI is InChI=1S/C10H9BrClN5O/c1-17(2)9-14-8(12)15-10(16-9)18-7-3-6(11)4-13-5-7/h3-5H,1-2H3. The number of pyridine rings is 1. The lowest BCUT2D eigenvalue weighted by molar-refractivity contribution is 0.437. The van der Waals surface area contributed by atoms with E-state index in [1.807, 2.05) is 0 Å². The van der Waals surface area contributed by atoms with Gasteiger partial charge in [-0.3, -0.25) is 4.98 Å². The predicted molar refractivity (Wildman–Crippen MR) is 71.2 cm³/mol. The third-order valence-corrected chi connectivity index (χ3v) is 2.47. The van der Waals surface area contributed by atoms with Crippen molar-refractivity contribution in [3.05, 3.63) is 28.2 Å². The molecule has 0 saturated heterocycles. The van der Waals surface area contributed by atoms with Crippen molar-refractivity contribution in [1.82, 2.24) is 19.9 Å². The minimum atomic E-state index is 0.0756. The number of nitrogens with zero attached hydrogens (tertiary/aromatic N) is 5. The number of aromatic nitrogens is 4. The van der Waals surface area contributed by atoms with Crippen LogP contribution in [0.5, 0.6) is 11.8 Å². The predicted octanol–water partition coefficient (Wildman–Crippen LogP) is 2.54. The van der Waals surface area contributed by atoms with E-state index in [2.05, 4.69) is 35.9 Å². The molecule has 0 fully saturated rings. The Morgan fingerprint density at radius 1 is 1.22 bits per heavy atom. The Morgan fingerprint density at radius 2 is 2.00 bits per heavy atom. The highest BCUT2D eigenvalue weighted by Gasteiger charge is 2.09. The molecule has 0 aliphatic rings. The lowest BCUT2D eigenvalue weighted by atomic mass is 10.5. The van der Waals surface area contributed by atoms with Gasteiger partial charge in [0.2, 0.25) is 11.2 Å². The van der Waals surface area contributed by atoms with Gasteiger partial charge < -0.3 is 9.64 Å². The molecule has 0 radical (unpaired) electrons. The second-order valence-corrected chi connectivity index (χ2v) is 4.78. The van der Waals surface area contributed by atoms with Crippen LogP contribution in [0.25, 0.3) is 0 Å². The van der Waals surface area contributed by atoms with Crippen molar-refractivity contribution in [2.24, 2.45) is 0 Å². The minimum Gasteiger partial charge on any atom is -0.422 e. The highest BCUT2D eigenvalue weighted by atomic mass is 79.9. The number of hydrogen-bond acceptors (Lipinski definition) is 6. The maximum absolute atomic E-state index is 5.80. The zero-order chi connectivity index (χ0) is 13.1. The largest absolute Gasteiger partial charge is 0.422 e. The van der Waals surface area contributed by atoms with Gasteiger partial charge in [0.25, 0.3) is 0 Å². The Morgan fingerprint density at radius 3 is 2.67 bits per heavy atom. The number of anilines is 1. The van der Waals surface area contributed by atoms with Gasteiger partial charge in [-0.15, -0.1) is 0 Å². The SMILES string of the molecule is CN(C)c1nc(Cl)nc(Oc2cncc(Br)c2)n1. The van der Waals surface area contributed by atoms with Crippen molar-refractivity contribution < 1.29 is 4.74 Å². The summed E-state index contributed by atoms with van der Waals surface area (Å²) in [5, 5.41) is 0.0756. The first kappa shape index (κ1) is 13.0. The summed E-state index contributed by atoms with van der Waals surface area (Å²) in [4.78, 5) is 17.6. The fourth-order valence-corrected chi connectivity index (χ4v) is 1.61. The molecule has 2 heterocycles. The van der Waals surface area contributed by atoms with Crippen LogP contribution in [-0.4, -0.2) is 34.0 Å². The summed E-state index contributed by atoms with van der Waals surface area (Å²) in [5.74, 6) is 0.935. The molecule has 6 nitrogen and oxygen atoms in total. The minimum absolute atomic E-state index is 0.0756. The number of ether oxygens (including phenoxy) is 1. The smallest absolute Gasteiger partial charge is 0.328 e. The molecule has 2 rings (SSSR count). The van der Waals surface area contributed by atoms with Crippen LogP contribution in [0, 0.1) is 0 Å². The van der Waals surface area contributed by atoms with Gasteiger partial charge in [-0.05, 0) is 33.6 Å². The van der Waals surface area contributed by atoms with Gasteiger partial charge >= 0.3 is 6.01 Å². The molecule has 94 valence electrons. The van der Waals surface area contributed by atoms with Gasteiger partial charge in [0, 0.05) is 24.8 Å². The van der Waals surface area contributed by atoms with E-state index in [-0.39, 0.29) is 11.3 Å². The molecule has 0 N–H and O–H groups in total. The van der Waals surface area contributed by atoms with Gasteiger partial charge in [-0.2, -0.15) is 15.0 Å². The van der Waals surface area contributed by atoms with Gasteiger partial charge in [0.05, 0.1) is 6.20 Å². The molecule has 0 atom stereocenters. The molecular weight excluding hydrogens is 322 g/mol. The first-order valence-electron chi connectivity index (χ1n) is 4.92. The third kappa shape index (κ3) is 3.27. The van der Waals surface area contributed by atoms with Crippen molar-refractivity contribution in [2.45, 2.75) is 0 Å². The molecule has 0 aromatic carbocycles. The monoisotopic (exact) mass is 329 g/mol. The Balaban J connectivity index is 2.29. The Hall–Kier alpha value is -1.47. The van der Waals surface area contributed by atoms with E-state index in [0.29, 0.717) is 11.7 Å². The molecule has 2 aromatic heterocycles. The van der Waals surface area contributed by atoms with Crippen LogP contribution >= 0.6 is 27.5 Å². The first-order chi connectivity index (χ1) is 8.54. The molecule has 0 saturated carbocycles. The summed E-state index contributed by atoms with van der Waals surface area (Å²) in [6.07, 6.45) is 3.20. The van der Waals surface area contributed by atoms with Crippen LogP contribution in [0.3, 0.4) is 0 Å². The quantitative estimate of drug-likeness (QED) is 0.862. The summed E-state index contributed by atoms with van der Waals surface area (Å²) >= 11 is 9.10. The summed E-state index contributed by atoms with van der Waals surface area (Å²) < 4.78 is 6.26. The van der Waals surface area contributed by atoms with Gasteiger partial charge in [0.1, 0.15) is 0 Å². The van der Waals surface area contributed by atoms with Gasteiger partial charge in [-0.1, -0.05) is 0 Å². The van der Waals surface area contributed by atoms with E-state index in [0.717, 1.165) is 4.47 Å². The Labute approximate surface area is 117 Å². The number of halogens is 2. The van der Waals surface area contributed by atoms with E-state index >= 15 is 0 Å². The van der Waals surface area contributed by atoms with Crippen LogP contribution in [0.1, 0.15) is 0 Å². The molecular formula is C10H9BrClN5O. The number of hydrogen-bond donors (Lipinski definition) is 0. The highest BCUT2D eigenvalue weighted by Crippen LogP contribution is 2.22. The molecule has 0 aliphatic carbocycles.